The molecule has 4 heteroatoms. The highest BCUT2D eigenvalue weighted by molar-refractivity contribution is 7.80. The number of hydrogen-bond acceptors (Lipinski definition) is 3. The Morgan fingerprint density at radius 2 is 2.28 bits per heavy atom. The molecule has 1 heterocycles. The predicted octanol–water partition coefficient (Wildman–Crippen LogP) is 3.29. The largest absolute Gasteiger partial charge is 0.461 e. The van der Waals surface area contributed by atoms with Gasteiger partial charge in [-0.3, -0.25) is 0 Å². The summed E-state index contributed by atoms with van der Waals surface area (Å²) in [5.74, 6) is 0.387. The number of thiol groups is 1. The van der Waals surface area contributed by atoms with E-state index in [-0.39, 0.29) is 5.97 Å². The maximum absolute atomic E-state index is 11.6. The molecule has 2 aromatic rings. The number of nitrogens with one attached hydrogen (secondary N) is 1. The Hall–Kier alpha value is -1.68. The lowest BCUT2D eigenvalue weighted by Gasteiger charge is -1.96. The number of benzene rings is 1. The van der Waals surface area contributed by atoms with E-state index < -0.39 is 0 Å². The van der Waals surface area contributed by atoms with Crippen LogP contribution in [0.3, 0.4) is 0 Å². The zero-order chi connectivity index (χ0) is 13.0. The van der Waals surface area contributed by atoms with Crippen molar-refractivity contribution in [3.63, 3.8) is 0 Å². The normalized spacial score (nSPS) is 11.2. The standard InChI is InChI=1S/C14H15NO2S/c1-2-17-14(16)13-9-11-6-5-10(4-3-7-18)8-12(11)15-13/h3-6,8-9,15,18H,2,7H2,1H3. The fourth-order valence-corrected chi connectivity index (χ4v) is 1.86. The number of aromatic amines is 1. The minimum absolute atomic E-state index is 0.318. The lowest BCUT2D eigenvalue weighted by molar-refractivity contribution is 0.0520. The Balaban J connectivity index is 2.33. The van der Waals surface area contributed by atoms with Gasteiger partial charge in [-0.2, -0.15) is 12.6 Å². The van der Waals surface area contributed by atoms with Crippen LogP contribution in [-0.4, -0.2) is 23.3 Å². The number of hydrogen-bond donors (Lipinski definition) is 2. The third-order valence-corrected chi connectivity index (χ3v) is 2.77. The fourth-order valence-electron chi connectivity index (χ4n) is 1.76. The topological polar surface area (TPSA) is 42.1 Å². The molecular formula is C14H15NO2S. The number of H-pyrrole nitrogens is 1. The number of carbonyl (C=O) groups is 1. The van der Waals surface area contributed by atoms with E-state index >= 15 is 0 Å². The molecule has 0 radical (unpaired) electrons. The van der Waals surface area contributed by atoms with Crippen molar-refractivity contribution in [2.24, 2.45) is 0 Å². The average Bonchev–Trinajstić information content (AvgIpc) is 2.79. The molecule has 3 nitrogen and oxygen atoms in total. The van der Waals surface area contributed by atoms with Gasteiger partial charge in [0.1, 0.15) is 5.69 Å². The van der Waals surface area contributed by atoms with Crippen LogP contribution < -0.4 is 0 Å². The van der Waals surface area contributed by atoms with Crippen LogP contribution in [0.4, 0.5) is 0 Å². The summed E-state index contributed by atoms with van der Waals surface area (Å²) in [4.78, 5) is 14.7. The summed E-state index contributed by atoms with van der Waals surface area (Å²) in [6.45, 7) is 2.17. The Labute approximate surface area is 111 Å². The zero-order valence-electron chi connectivity index (χ0n) is 10.1. The zero-order valence-corrected chi connectivity index (χ0v) is 11.0. The quantitative estimate of drug-likeness (QED) is 0.655. The van der Waals surface area contributed by atoms with Gasteiger partial charge >= 0.3 is 5.97 Å². The van der Waals surface area contributed by atoms with Gasteiger partial charge in [0.2, 0.25) is 0 Å². The first-order valence-electron chi connectivity index (χ1n) is 5.82. The van der Waals surface area contributed by atoms with Crippen molar-refractivity contribution in [2.75, 3.05) is 12.4 Å². The van der Waals surface area contributed by atoms with Crippen molar-refractivity contribution in [2.45, 2.75) is 6.92 Å². The van der Waals surface area contributed by atoms with E-state index in [0.717, 1.165) is 16.5 Å². The first kappa shape index (κ1) is 12.8. The molecule has 0 amide bonds. The molecule has 0 bridgehead atoms. The van der Waals surface area contributed by atoms with Crippen LogP contribution in [0.1, 0.15) is 23.0 Å². The number of rotatable bonds is 4. The minimum Gasteiger partial charge on any atom is -0.461 e. The van der Waals surface area contributed by atoms with Crippen LogP contribution in [0.25, 0.3) is 17.0 Å². The van der Waals surface area contributed by atoms with Crippen molar-refractivity contribution in [3.05, 3.63) is 41.6 Å². The number of aromatic nitrogens is 1. The second-order valence-corrected chi connectivity index (χ2v) is 4.20. The van der Waals surface area contributed by atoms with E-state index in [1.807, 2.05) is 30.4 Å². The molecule has 0 saturated heterocycles. The highest BCUT2D eigenvalue weighted by Gasteiger charge is 2.09. The molecule has 1 N–H and O–H groups in total. The molecule has 94 valence electrons. The fraction of sp³-hybridized carbons (Fsp3) is 0.214. The summed E-state index contributed by atoms with van der Waals surface area (Å²) in [5, 5.41) is 1.00. The van der Waals surface area contributed by atoms with Gasteiger partial charge in [0.05, 0.1) is 6.61 Å². The Kier molecular flexibility index (Phi) is 4.10. The van der Waals surface area contributed by atoms with Gasteiger partial charge in [-0.25, -0.2) is 4.79 Å². The van der Waals surface area contributed by atoms with Crippen molar-refractivity contribution in [1.82, 2.24) is 4.98 Å². The number of carbonyl (C=O) groups excluding carboxylic acids is 1. The molecule has 0 aliphatic carbocycles. The summed E-state index contributed by atoms with van der Waals surface area (Å²) in [5.41, 5.74) is 2.50. The average molecular weight is 261 g/mol. The SMILES string of the molecule is CCOC(=O)c1cc2ccc(C=CCS)cc2[nH]1. The van der Waals surface area contributed by atoms with Crippen molar-refractivity contribution >= 4 is 35.6 Å². The van der Waals surface area contributed by atoms with Gasteiger partial charge < -0.3 is 9.72 Å². The number of fused-ring (bicyclic) bond motifs is 1. The van der Waals surface area contributed by atoms with E-state index in [4.69, 9.17) is 4.74 Å². The van der Waals surface area contributed by atoms with Crippen LogP contribution >= 0.6 is 12.6 Å². The Morgan fingerprint density at radius 1 is 1.44 bits per heavy atom. The lowest BCUT2D eigenvalue weighted by Crippen LogP contribution is -2.04. The van der Waals surface area contributed by atoms with Crippen LogP contribution in [0.15, 0.2) is 30.3 Å². The van der Waals surface area contributed by atoms with Gasteiger partial charge in [0, 0.05) is 16.7 Å². The predicted molar refractivity (Wildman–Crippen MR) is 77.1 cm³/mol. The van der Waals surface area contributed by atoms with Crippen molar-refractivity contribution in [1.29, 1.82) is 0 Å². The highest BCUT2D eigenvalue weighted by Crippen LogP contribution is 2.18. The van der Waals surface area contributed by atoms with E-state index in [1.54, 1.807) is 13.0 Å². The third kappa shape index (κ3) is 2.76. The molecule has 18 heavy (non-hydrogen) atoms. The van der Waals surface area contributed by atoms with Crippen LogP contribution in [0.2, 0.25) is 0 Å². The second kappa shape index (κ2) is 5.78. The molecule has 0 atom stereocenters. The third-order valence-electron chi connectivity index (χ3n) is 2.56. The maximum atomic E-state index is 11.6. The summed E-state index contributed by atoms with van der Waals surface area (Å²) in [6, 6.07) is 7.79. The van der Waals surface area contributed by atoms with Gasteiger partial charge in [0.25, 0.3) is 0 Å². The second-order valence-electron chi connectivity index (χ2n) is 3.84. The smallest absolute Gasteiger partial charge is 0.354 e. The Bertz CT molecular complexity index is 586. The van der Waals surface area contributed by atoms with Crippen LogP contribution in [0, 0.1) is 0 Å². The highest BCUT2D eigenvalue weighted by atomic mass is 32.1. The van der Waals surface area contributed by atoms with Gasteiger partial charge in [-0.1, -0.05) is 24.3 Å². The lowest BCUT2D eigenvalue weighted by atomic mass is 10.1. The Morgan fingerprint density at radius 3 is 3.00 bits per heavy atom. The van der Waals surface area contributed by atoms with Gasteiger partial charge in [-0.15, -0.1) is 0 Å². The minimum atomic E-state index is -0.318. The first-order chi connectivity index (χ1) is 8.74. The molecule has 0 saturated carbocycles. The van der Waals surface area contributed by atoms with E-state index in [1.165, 1.54) is 0 Å². The number of esters is 1. The molecule has 1 aromatic heterocycles. The summed E-state index contributed by atoms with van der Waals surface area (Å²) >= 11 is 4.12. The molecule has 0 aliphatic heterocycles. The van der Waals surface area contributed by atoms with Crippen molar-refractivity contribution in [3.8, 4) is 0 Å². The molecule has 1 aromatic carbocycles. The molecule has 0 fully saturated rings. The summed E-state index contributed by atoms with van der Waals surface area (Å²) < 4.78 is 4.96. The van der Waals surface area contributed by atoms with Gasteiger partial charge in [-0.05, 0) is 24.6 Å². The first-order valence-corrected chi connectivity index (χ1v) is 6.45. The number of ether oxygens (including phenoxy) is 1. The summed E-state index contributed by atoms with van der Waals surface area (Å²) in [6.07, 6.45) is 3.97. The maximum Gasteiger partial charge on any atom is 0.354 e. The molecular weight excluding hydrogens is 246 g/mol. The summed E-state index contributed by atoms with van der Waals surface area (Å²) in [7, 11) is 0. The van der Waals surface area contributed by atoms with Gasteiger partial charge in [0.15, 0.2) is 0 Å². The molecule has 0 aliphatic rings. The molecule has 0 spiro atoms. The van der Waals surface area contributed by atoms with Crippen LogP contribution in [0.5, 0.6) is 0 Å². The van der Waals surface area contributed by atoms with E-state index in [0.29, 0.717) is 18.1 Å². The van der Waals surface area contributed by atoms with E-state index in [2.05, 4.69) is 17.6 Å². The molecule has 2 rings (SSSR count). The van der Waals surface area contributed by atoms with Crippen molar-refractivity contribution < 1.29 is 9.53 Å². The van der Waals surface area contributed by atoms with E-state index in [9.17, 15) is 4.79 Å². The molecule has 0 unspecified atom stereocenters. The monoisotopic (exact) mass is 261 g/mol. The van der Waals surface area contributed by atoms with Crippen LogP contribution in [-0.2, 0) is 4.74 Å².